The number of hydrogen-bond acceptors (Lipinski definition) is 11. The number of amides is 2. The van der Waals surface area contributed by atoms with Gasteiger partial charge in [0.15, 0.2) is 11.3 Å². The van der Waals surface area contributed by atoms with Crippen LogP contribution in [-0.4, -0.2) is 66.9 Å². The fourth-order valence-electron chi connectivity index (χ4n) is 6.11. The number of carbonyl (C=O) groups is 1. The highest BCUT2D eigenvalue weighted by Gasteiger charge is 2.21. The zero-order chi connectivity index (χ0) is 40.6. The Labute approximate surface area is 340 Å². The Morgan fingerprint density at radius 3 is 1.76 bits per heavy atom. The predicted molar refractivity (Wildman–Crippen MR) is 222 cm³/mol. The number of sulfonamides is 1. The predicted octanol–water partition coefficient (Wildman–Crippen LogP) is 7.17. The maximum absolute atomic E-state index is 11.8. The van der Waals surface area contributed by atoms with Crippen molar-refractivity contribution in [1.82, 2.24) is 34.5 Å². The minimum absolute atomic E-state index is 0.0120. The molecule has 1 aliphatic rings. The molecule has 5 heterocycles. The molecule has 0 radical (unpaired) electrons. The van der Waals surface area contributed by atoms with Crippen LogP contribution < -0.4 is 26.0 Å². The zero-order valence-electron chi connectivity index (χ0n) is 30.0. The van der Waals surface area contributed by atoms with E-state index in [1.54, 1.807) is 68.7 Å². The maximum atomic E-state index is 11.8. The number of phenols is 2. The van der Waals surface area contributed by atoms with Gasteiger partial charge in [0.25, 0.3) is 0 Å². The minimum atomic E-state index is -3.81. The molecule has 1 aliphatic heterocycles. The lowest BCUT2D eigenvalue weighted by Gasteiger charge is -2.14. The Bertz CT molecular complexity index is 2960. The van der Waals surface area contributed by atoms with Crippen molar-refractivity contribution in [2.24, 2.45) is 5.14 Å². The van der Waals surface area contributed by atoms with Gasteiger partial charge in [-0.3, -0.25) is 4.90 Å². The number of halogens is 2. The molecule has 292 valence electrons. The van der Waals surface area contributed by atoms with Crippen LogP contribution in [0.2, 0.25) is 10.0 Å². The number of hydrogen-bond donors (Lipinski definition) is 6. The van der Waals surface area contributed by atoms with Crippen LogP contribution in [0.25, 0.3) is 33.5 Å². The van der Waals surface area contributed by atoms with Crippen LogP contribution in [0.4, 0.5) is 33.8 Å². The molecule has 8 aromatic rings. The molecule has 7 N–H and O–H groups in total. The molecule has 4 aromatic heterocycles. The molecular weight excluding hydrogens is 805 g/mol. The number of rotatable bonds is 8. The number of nitrogens with zero attached hydrogens (tertiary/aromatic N) is 7. The summed E-state index contributed by atoms with van der Waals surface area (Å²) in [5.74, 6) is 0.979. The topological polar surface area (TPSA) is 217 Å². The first-order valence-corrected chi connectivity index (χ1v) is 19.7. The molecule has 2 amide bonds. The van der Waals surface area contributed by atoms with Gasteiger partial charge < -0.3 is 26.2 Å². The van der Waals surface area contributed by atoms with E-state index in [1.165, 1.54) is 18.2 Å². The van der Waals surface area contributed by atoms with Gasteiger partial charge in [0, 0.05) is 74.8 Å². The molecule has 0 saturated carbocycles. The third-order valence-electron chi connectivity index (χ3n) is 8.89. The van der Waals surface area contributed by atoms with E-state index >= 15 is 0 Å². The highest BCUT2D eigenvalue weighted by Crippen LogP contribution is 2.33. The first kappa shape index (κ1) is 38.0. The molecule has 9 rings (SSSR count). The Balaban J connectivity index is 0.000000162. The van der Waals surface area contributed by atoms with Crippen LogP contribution in [0.3, 0.4) is 0 Å². The number of urea groups is 1. The molecule has 0 spiro atoms. The van der Waals surface area contributed by atoms with Crippen molar-refractivity contribution < 1.29 is 23.4 Å². The van der Waals surface area contributed by atoms with Crippen LogP contribution in [0.1, 0.15) is 0 Å². The SMILES string of the molecule is NS(=O)(=O)c1cccc(Nc2nc3ccc(-c4cc(O)ccc4Cl)cn3n2)c1.O=C1NCCN1c1ccc(Nc2nc3ccc(-c4cc(O)ccc4Cl)cn3n2)cc1. The van der Waals surface area contributed by atoms with Crippen LogP contribution in [0.5, 0.6) is 11.5 Å². The van der Waals surface area contributed by atoms with E-state index in [9.17, 15) is 23.4 Å². The molecule has 4 aromatic carbocycles. The van der Waals surface area contributed by atoms with Crippen LogP contribution in [0.15, 0.2) is 126 Å². The molecule has 1 fully saturated rings. The van der Waals surface area contributed by atoms with E-state index in [-0.39, 0.29) is 28.4 Å². The number of anilines is 5. The Morgan fingerprint density at radius 2 is 1.24 bits per heavy atom. The van der Waals surface area contributed by atoms with Crippen LogP contribution in [0, 0.1) is 0 Å². The second-order valence-electron chi connectivity index (χ2n) is 12.9. The summed E-state index contributed by atoms with van der Waals surface area (Å²) in [6.07, 6.45) is 3.54. The Kier molecular flexibility index (Phi) is 10.2. The van der Waals surface area contributed by atoms with E-state index in [0.717, 1.165) is 22.5 Å². The number of nitrogens with one attached hydrogen (secondary N) is 3. The molecule has 0 atom stereocenters. The lowest BCUT2D eigenvalue weighted by atomic mass is 10.1. The van der Waals surface area contributed by atoms with Gasteiger partial charge >= 0.3 is 6.03 Å². The standard InChI is InChI=1S/C21H17ClN6O2.C18H14ClN5O3S/c22-18-7-6-16(29)11-17(18)13-1-8-19-25-20(26-28(19)12-13)24-14-2-4-15(5-3-14)27-10-9-23-21(27)30;19-16-6-5-13(25)9-15(16)11-4-7-17-22-18(23-24(17)10-11)21-12-2-1-3-14(8-12)28(20,26)27/h1-8,11-12,29H,9-10H2,(H,23,30)(H,24,26);1-10,25H,(H,21,23)(H2,20,26,27). The summed E-state index contributed by atoms with van der Waals surface area (Å²) in [5.41, 5.74) is 6.32. The van der Waals surface area contributed by atoms with Crippen molar-refractivity contribution in [2.75, 3.05) is 28.6 Å². The van der Waals surface area contributed by atoms with Gasteiger partial charge in [-0.2, -0.15) is 9.97 Å². The first-order chi connectivity index (χ1) is 27.9. The summed E-state index contributed by atoms with van der Waals surface area (Å²) in [4.78, 5) is 22.3. The van der Waals surface area contributed by atoms with E-state index in [1.807, 2.05) is 48.7 Å². The van der Waals surface area contributed by atoms with Crippen LogP contribution >= 0.6 is 23.2 Å². The molecular formula is C39H31Cl2N11O5S. The number of primary sulfonamides is 1. The number of phenolic OH excluding ortho intramolecular Hbond substituents is 2. The fraction of sp³-hybridized carbons (Fsp3) is 0.0513. The van der Waals surface area contributed by atoms with E-state index in [0.29, 0.717) is 57.2 Å². The van der Waals surface area contributed by atoms with E-state index in [2.05, 4.69) is 36.1 Å². The lowest BCUT2D eigenvalue weighted by Crippen LogP contribution is -2.27. The molecule has 0 aliphatic carbocycles. The summed E-state index contributed by atoms with van der Waals surface area (Å²) >= 11 is 12.5. The number of fused-ring (bicyclic) bond motifs is 2. The summed E-state index contributed by atoms with van der Waals surface area (Å²) in [6.45, 7) is 1.31. The second kappa shape index (κ2) is 15.5. The average Bonchev–Trinajstić information content (AvgIpc) is 3.94. The van der Waals surface area contributed by atoms with Gasteiger partial charge in [-0.1, -0.05) is 29.3 Å². The smallest absolute Gasteiger partial charge is 0.321 e. The Morgan fingerprint density at radius 1 is 0.690 bits per heavy atom. The van der Waals surface area contributed by atoms with Gasteiger partial charge in [-0.15, -0.1) is 10.2 Å². The number of nitrogens with two attached hydrogens (primary N) is 1. The zero-order valence-corrected chi connectivity index (χ0v) is 32.3. The highest BCUT2D eigenvalue weighted by molar-refractivity contribution is 7.89. The van der Waals surface area contributed by atoms with E-state index in [4.69, 9.17) is 28.3 Å². The Hall–Kier alpha value is -6.92. The largest absolute Gasteiger partial charge is 0.508 e. The first-order valence-electron chi connectivity index (χ1n) is 17.4. The molecule has 1 saturated heterocycles. The van der Waals surface area contributed by atoms with Gasteiger partial charge in [-0.25, -0.2) is 27.4 Å². The monoisotopic (exact) mass is 835 g/mol. The highest BCUT2D eigenvalue weighted by atomic mass is 35.5. The number of aromatic hydroxyl groups is 2. The molecule has 0 unspecified atom stereocenters. The van der Waals surface area contributed by atoms with Gasteiger partial charge in [-0.05, 0) is 103 Å². The maximum Gasteiger partial charge on any atom is 0.321 e. The fourth-order valence-corrected chi connectivity index (χ4v) is 7.12. The third-order valence-corrected chi connectivity index (χ3v) is 10.5. The van der Waals surface area contributed by atoms with Crippen LogP contribution in [-0.2, 0) is 10.0 Å². The van der Waals surface area contributed by atoms with Gasteiger partial charge in [0.1, 0.15) is 11.5 Å². The van der Waals surface area contributed by atoms with Crippen molar-refractivity contribution in [3.05, 3.63) is 132 Å². The molecule has 0 bridgehead atoms. The van der Waals surface area contributed by atoms with Crippen molar-refractivity contribution in [3.63, 3.8) is 0 Å². The molecule has 19 heteroatoms. The summed E-state index contributed by atoms with van der Waals surface area (Å²) in [5, 5.41) is 43.4. The van der Waals surface area contributed by atoms with Gasteiger partial charge in [0.05, 0.1) is 4.90 Å². The summed E-state index contributed by atoms with van der Waals surface area (Å²) in [6, 6.07) is 30.3. The van der Waals surface area contributed by atoms with Crippen molar-refractivity contribution in [2.45, 2.75) is 4.90 Å². The average molecular weight is 837 g/mol. The van der Waals surface area contributed by atoms with Crippen molar-refractivity contribution in [1.29, 1.82) is 0 Å². The second-order valence-corrected chi connectivity index (χ2v) is 15.3. The number of pyridine rings is 2. The van der Waals surface area contributed by atoms with E-state index < -0.39 is 10.0 Å². The molecule has 58 heavy (non-hydrogen) atoms. The third kappa shape index (κ3) is 8.28. The normalized spacial score (nSPS) is 12.7. The number of benzene rings is 4. The van der Waals surface area contributed by atoms with Crippen molar-refractivity contribution >= 4 is 79.5 Å². The quantitative estimate of drug-likeness (QED) is 0.0901. The summed E-state index contributed by atoms with van der Waals surface area (Å²) < 4.78 is 26.2. The van der Waals surface area contributed by atoms with Crippen molar-refractivity contribution in [3.8, 4) is 33.8 Å². The number of aromatic nitrogens is 6. The summed E-state index contributed by atoms with van der Waals surface area (Å²) in [7, 11) is -3.81. The van der Waals surface area contributed by atoms with Gasteiger partial charge in [0.2, 0.25) is 21.9 Å². The molecule has 16 nitrogen and oxygen atoms in total. The lowest BCUT2D eigenvalue weighted by molar-refractivity contribution is 0.252. The minimum Gasteiger partial charge on any atom is -0.508 e. The number of carbonyl (C=O) groups excluding carboxylic acids is 1.